The van der Waals surface area contributed by atoms with Gasteiger partial charge >= 0.3 is 11.9 Å². The number of rotatable bonds is 4. The van der Waals surface area contributed by atoms with Crippen molar-refractivity contribution in [3.63, 3.8) is 0 Å². The number of carbonyl (C=O) groups is 2. The van der Waals surface area contributed by atoms with Crippen molar-refractivity contribution < 1.29 is 19.1 Å². The van der Waals surface area contributed by atoms with E-state index in [-0.39, 0.29) is 12.0 Å². The number of aromatic nitrogens is 1. The molecule has 0 bridgehead atoms. The SMILES string of the molecule is CCOC(=O)c1cccnc1N1CCCC1C(=O)OC. The molecule has 2 heterocycles. The molecule has 0 amide bonds. The Hall–Kier alpha value is -2.11. The summed E-state index contributed by atoms with van der Waals surface area (Å²) in [6, 6.07) is 2.95. The van der Waals surface area contributed by atoms with Crippen LogP contribution in [0.1, 0.15) is 30.1 Å². The first kappa shape index (κ1) is 14.3. The largest absolute Gasteiger partial charge is 0.467 e. The highest BCUT2D eigenvalue weighted by molar-refractivity contribution is 5.95. The third-order valence-electron chi connectivity index (χ3n) is 3.28. The molecule has 1 saturated heterocycles. The molecule has 1 atom stereocenters. The second-order valence-electron chi connectivity index (χ2n) is 4.47. The number of esters is 2. The molecule has 1 aromatic rings. The number of carbonyl (C=O) groups excluding carboxylic acids is 2. The third kappa shape index (κ3) is 2.74. The summed E-state index contributed by atoms with van der Waals surface area (Å²) < 4.78 is 9.84. The minimum Gasteiger partial charge on any atom is -0.467 e. The van der Waals surface area contributed by atoms with Crippen molar-refractivity contribution in [1.29, 1.82) is 0 Å². The van der Waals surface area contributed by atoms with Gasteiger partial charge < -0.3 is 14.4 Å². The number of nitrogens with zero attached hydrogens (tertiary/aromatic N) is 2. The Kier molecular flexibility index (Phi) is 4.55. The molecule has 0 aromatic carbocycles. The number of methoxy groups -OCH3 is 1. The van der Waals surface area contributed by atoms with Crippen LogP contribution < -0.4 is 4.90 Å². The topological polar surface area (TPSA) is 68.7 Å². The molecule has 2 rings (SSSR count). The quantitative estimate of drug-likeness (QED) is 0.775. The molecule has 6 nitrogen and oxygen atoms in total. The smallest absolute Gasteiger partial charge is 0.341 e. The molecule has 1 unspecified atom stereocenters. The first-order valence-electron chi connectivity index (χ1n) is 6.65. The fourth-order valence-corrected chi connectivity index (χ4v) is 2.40. The van der Waals surface area contributed by atoms with Crippen LogP contribution in [0.3, 0.4) is 0 Å². The van der Waals surface area contributed by atoms with Crippen molar-refractivity contribution >= 4 is 17.8 Å². The Morgan fingerprint density at radius 1 is 1.50 bits per heavy atom. The van der Waals surface area contributed by atoms with Gasteiger partial charge in [0.15, 0.2) is 0 Å². The summed E-state index contributed by atoms with van der Waals surface area (Å²) >= 11 is 0. The van der Waals surface area contributed by atoms with E-state index in [0.717, 1.165) is 6.42 Å². The van der Waals surface area contributed by atoms with E-state index in [1.807, 2.05) is 4.90 Å². The standard InChI is InChI=1S/C14H18N2O4/c1-3-20-13(17)10-6-4-8-15-12(10)16-9-5-7-11(16)14(18)19-2/h4,6,8,11H,3,5,7,9H2,1-2H3. The summed E-state index contributed by atoms with van der Waals surface area (Å²) in [5.41, 5.74) is 0.380. The molecule has 20 heavy (non-hydrogen) atoms. The van der Waals surface area contributed by atoms with E-state index in [9.17, 15) is 9.59 Å². The predicted molar refractivity (Wildman–Crippen MR) is 72.6 cm³/mol. The lowest BCUT2D eigenvalue weighted by Gasteiger charge is -2.25. The van der Waals surface area contributed by atoms with Gasteiger partial charge in [-0.1, -0.05) is 0 Å². The van der Waals surface area contributed by atoms with E-state index in [1.54, 1.807) is 25.3 Å². The molecule has 0 saturated carbocycles. The normalized spacial score (nSPS) is 17.9. The molecular formula is C14H18N2O4. The Morgan fingerprint density at radius 3 is 3.00 bits per heavy atom. The van der Waals surface area contributed by atoms with Gasteiger partial charge in [0.05, 0.1) is 13.7 Å². The monoisotopic (exact) mass is 278 g/mol. The maximum atomic E-state index is 12.0. The van der Waals surface area contributed by atoms with Gasteiger partial charge in [-0.15, -0.1) is 0 Å². The molecule has 0 N–H and O–H groups in total. The molecule has 1 aliphatic rings. The van der Waals surface area contributed by atoms with Crippen molar-refractivity contribution in [2.24, 2.45) is 0 Å². The van der Waals surface area contributed by atoms with Crippen LogP contribution in [0.4, 0.5) is 5.82 Å². The Bertz CT molecular complexity index is 504. The van der Waals surface area contributed by atoms with Crippen LogP contribution in [0.15, 0.2) is 18.3 Å². The maximum absolute atomic E-state index is 12.0. The molecule has 0 radical (unpaired) electrons. The van der Waals surface area contributed by atoms with Crippen LogP contribution in [-0.2, 0) is 14.3 Å². The molecule has 1 aliphatic heterocycles. The van der Waals surface area contributed by atoms with Crippen molar-refractivity contribution in [3.8, 4) is 0 Å². The van der Waals surface area contributed by atoms with Crippen molar-refractivity contribution in [2.75, 3.05) is 25.2 Å². The van der Waals surface area contributed by atoms with Crippen LogP contribution in [0.5, 0.6) is 0 Å². The molecule has 108 valence electrons. The minimum absolute atomic E-state index is 0.299. The van der Waals surface area contributed by atoms with Gasteiger partial charge in [-0.05, 0) is 31.9 Å². The van der Waals surface area contributed by atoms with Gasteiger partial charge in [-0.25, -0.2) is 14.6 Å². The first-order chi connectivity index (χ1) is 9.69. The predicted octanol–water partition coefficient (Wildman–Crippen LogP) is 1.40. The van der Waals surface area contributed by atoms with Crippen LogP contribution in [0, 0.1) is 0 Å². The van der Waals surface area contributed by atoms with Crippen molar-refractivity contribution in [3.05, 3.63) is 23.9 Å². The molecule has 1 aromatic heterocycles. The van der Waals surface area contributed by atoms with E-state index in [4.69, 9.17) is 9.47 Å². The average molecular weight is 278 g/mol. The van der Waals surface area contributed by atoms with Gasteiger partial charge in [-0.2, -0.15) is 0 Å². The highest BCUT2D eigenvalue weighted by Crippen LogP contribution is 2.27. The molecule has 0 spiro atoms. The average Bonchev–Trinajstić information content (AvgIpc) is 2.96. The number of pyridine rings is 1. The van der Waals surface area contributed by atoms with Crippen LogP contribution in [-0.4, -0.2) is 43.2 Å². The lowest BCUT2D eigenvalue weighted by Crippen LogP contribution is -2.38. The maximum Gasteiger partial charge on any atom is 0.341 e. The Morgan fingerprint density at radius 2 is 2.30 bits per heavy atom. The molecule has 1 fully saturated rings. The van der Waals surface area contributed by atoms with Gasteiger partial charge in [-0.3, -0.25) is 0 Å². The number of anilines is 1. The zero-order valence-electron chi connectivity index (χ0n) is 11.7. The number of hydrogen-bond acceptors (Lipinski definition) is 6. The van der Waals surface area contributed by atoms with Gasteiger partial charge in [0, 0.05) is 12.7 Å². The van der Waals surface area contributed by atoms with E-state index in [1.165, 1.54) is 7.11 Å². The fraction of sp³-hybridized carbons (Fsp3) is 0.500. The summed E-state index contributed by atoms with van der Waals surface area (Å²) in [5, 5.41) is 0. The second-order valence-corrected chi connectivity index (χ2v) is 4.47. The zero-order chi connectivity index (χ0) is 14.5. The molecule has 0 aliphatic carbocycles. The van der Waals surface area contributed by atoms with E-state index in [0.29, 0.717) is 31.0 Å². The van der Waals surface area contributed by atoms with Crippen molar-refractivity contribution in [2.45, 2.75) is 25.8 Å². The summed E-state index contributed by atoms with van der Waals surface area (Å²) in [6.07, 6.45) is 3.16. The summed E-state index contributed by atoms with van der Waals surface area (Å²) in [5.74, 6) is -0.243. The van der Waals surface area contributed by atoms with Crippen LogP contribution in [0.25, 0.3) is 0 Å². The first-order valence-corrected chi connectivity index (χ1v) is 6.65. The van der Waals surface area contributed by atoms with Gasteiger partial charge in [0.25, 0.3) is 0 Å². The van der Waals surface area contributed by atoms with Gasteiger partial charge in [0.2, 0.25) is 0 Å². The third-order valence-corrected chi connectivity index (χ3v) is 3.28. The van der Waals surface area contributed by atoms with Crippen LogP contribution in [0.2, 0.25) is 0 Å². The minimum atomic E-state index is -0.425. The molecular weight excluding hydrogens is 260 g/mol. The summed E-state index contributed by atoms with van der Waals surface area (Å²) in [4.78, 5) is 29.8. The Balaban J connectivity index is 2.32. The lowest BCUT2D eigenvalue weighted by atomic mass is 10.2. The number of hydrogen-bond donors (Lipinski definition) is 0. The number of ether oxygens (including phenoxy) is 2. The van der Waals surface area contributed by atoms with E-state index >= 15 is 0 Å². The molecule has 6 heteroatoms. The van der Waals surface area contributed by atoms with E-state index < -0.39 is 5.97 Å². The van der Waals surface area contributed by atoms with Crippen molar-refractivity contribution in [1.82, 2.24) is 4.98 Å². The van der Waals surface area contributed by atoms with Gasteiger partial charge in [0.1, 0.15) is 17.4 Å². The van der Waals surface area contributed by atoms with E-state index in [2.05, 4.69) is 4.98 Å². The zero-order valence-corrected chi connectivity index (χ0v) is 11.7. The van der Waals surface area contributed by atoms with Crippen LogP contribution >= 0.6 is 0 Å². The fourth-order valence-electron chi connectivity index (χ4n) is 2.40. The highest BCUT2D eigenvalue weighted by Gasteiger charge is 2.34. The summed E-state index contributed by atoms with van der Waals surface area (Å²) in [6.45, 7) is 2.72. The second kappa shape index (κ2) is 6.36. The lowest BCUT2D eigenvalue weighted by molar-refractivity contribution is -0.141. The Labute approximate surface area is 117 Å². The highest BCUT2D eigenvalue weighted by atomic mass is 16.5. The summed E-state index contributed by atoms with van der Waals surface area (Å²) in [7, 11) is 1.36.